The smallest absolute Gasteiger partial charge is 0.234 e. The molecule has 0 unspecified atom stereocenters. The Morgan fingerprint density at radius 1 is 1.21 bits per heavy atom. The molecule has 0 aliphatic rings. The second-order valence-electron chi connectivity index (χ2n) is 3.78. The lowest BCUT2D eigenvalue weighted by Crippen LogP contribution is -2.13. The highest BCUT2D eigenvalue weighted by Crippen LogP contribution is 2.20. The number of carbonyl (C=O) groups excluding carboxylic acids is 1. The highest BCUT2D eigenvalue weighted by molar-refractivity contribution is 8.00. The van der Waals surface area contributed by atoms with Crippen molar-refractivity contribution in [2.24, 2.45) is 0 Å². The van der Waals surface area contributed by atoms with Crippen LogP contribution < -0.4 is 5.32 Å². The number of benzene rings is 2. The number of carbonyl (C=O) groups is 1. The largest absolute Gasteiger partial charge is 0.325 e. The van der Waals surface area contributed by atoms with Gasteiger partial charge in [0.1, 0.15) is 5.82 Å². The number of rotatable bonds is 4. The Kier molecular flexibility index (Phi) is 4.82. The van der Waals surface area contributed by atoms with Crippen molar-refractivity contribution in [3.05, 3.63) is 59.4 Å². The third kappa shape index (κ3) is 4.26. The Bertz CT molecular complexity index is 577. The molecule has 0 atom stereocenters. The van der Waals surface area contributed by atoms with Crippen molar-refractivity contribution in [2.75, 3.05) is 11.1 Å². The van der Waals surface area contributed by atoms with Crippen LogP contribution in [-0.4, -0.2) is 11.7 Å². The van der Waals surface area contributed by atoms with E-state index in [1.54, 1.807) is 0 Å². The minimum absolute atomic E-state index is 0.00601. The number of amides is 1. The van der Waals surface area contributed by atoms with Gasteiger partial charge in [-0.1, -0.05) is 29.8 Å². The summed E-state index contributed by atoms with van der Waals surface area (Å²) in [5, 5.41) is 2.66. The van der Waals surface area contributed by atoms with E-state index in [1.165, 1.54) is 30.0 Å². The van der Waals surface area contributed by atoms with Gasteiger partial charge in [-0.3, -0.25) is 4.79 Å². The summed E-state index contributed by atoms with van der Waals surface area (Å²) in [6.07, 6.45) is 0. The molecule has 2 aromatic rings. The predicted octanol–water partition coefficient (Wildman–Crippen LogP) is 4.21. The van der Waals surface area contributed by atoms with Crippen LogP contribution >= 0.6 is 23.4 Å². The van der Waals surface area contributed by atoms with Crippen molar-refractivity contribution in [1.29, 1.82) is 0 Å². The lowest BCUT2D eigenvalue weighted by molar-refractivity contribution is -0.113. The second-order valence-corrected chi connectivity index (χ2v) is 5.23. The topological polar surface area (TPSA) is 29.1 Å². The van der Waals surface area contributed by atoms with Crippen molar-refractivity contribution >= 4 is 35.0 Å². The molecule has 1 amide bonds. The summed E-state index contributed by atoms with van der Waals surface area (Å²) >= 11 is 7.07. The Hall–Kier alpha value is -1.52. The zero-order chi connectivity index (χ0) is 13.7. The second kappa shape index (κ2) is 6.59. The molecule has 98 valence electrons. The first kappa shape index (κ1) is 13.9. The van der Waals surface area contributed by atoms with E-state index in [1.807, 2.05) is 30.3 Å². The summed E-state index contributed by atoms with van der Waals surface area (Å²) in [5.41, 5.74) is 0.491. The number of hydrogen-bond acceptors (Lipinski definition) is 2. The number of anilines is 1. The number of thioether (sulfide) groups is 1. The molecule has 0 saturated carbocycles. The fraction of sp³-hybridized carbons (Fsp3) is 0.0714. The highest BCUT2D eigenvalue weighted by Gasteiger charge is 2.05. The summed E-state index contributed by atoms with van der Waals surface area (Å²) in [5.74, 6) is -0.367. The van der Waals surface area contributed by atoms with E-state index in [0.717, 1.165) is 4.90 Å². The maximum Gasteiger partial charge on any atom is 0.234 e. The number of halogens is 2. The third-order valence-electron chi connectivity index (χ3n) is 2.32. The Morgan fingerprint density at radius 3 is 2.63 bits per heavy atom. The zero-order valence-corrected chi connectivity index (χ0v) is 11.5. The van der Waals surface area contributed by atoms with Crippen LogP contribution in [0.1, 0.15) is 0 Å². The van der Waals surface area contributed by atoms with E-state index in [2.05, 4.69) is 5.32 Å². The molecule has 2 aromatic carbocycles. The summed E-state index contributed by atoms with van der Waals surface area (Å²) in [7, 11) is 0. The zero-order valence-electron chi connectivity index (χ0n) is 9.90. The molecule has 1 N–H and O–H groups in total. The fourth-order valence-electron chi connectivity index (χ4n) is 1.44. The maximum atomic E-state index is 13.0. The van der Waals surface area contributed by atoms with Crippen LogP contribution in [0, 0.1) is 5.82 Å². The SMILES string of the molecule is O=C(CSc1ccccc1)Nc1ccc(F)c(Cl)c1. The molecular formula is C14H11ClFNOS. The van der Waals surface area contributed by atoms with Gasteiger partial charge in [-0.15, -0.1) is 11.8 Å². The quantitative estimate of drug-likeness (QED) is 0.856. The van der Waals surface area contributed by atoms with Gasteiger partial charge in [0.25, 0.3) is 0 Å². The minimum atomic E-state index is -0.502. The van der Waals surface area contributed by atoms with Gasteiger partial charge in [0.15, 0.2) is 0 Å². The molecule has 19 heavy (non-hydrogen) atoms. The predicted molar refractivity (Wildman–Crippen MR) is 77.2 cm³/mol. The maximum absolute atomic E-state index is 13.0. The Balaban J connectivity index is 1.89. The van der Waals surface area contributed by atoms with E-state index in [0.29, 0.717) is 11.4 Å². The van der Waals surface area contributed by atoms with Crippen molar-refractivity contribution in [3.8, 4) is 0 Å². The molecular weight excluding hydrogens is 285 g/mol. The molecule has 0 bridgehead atoms. The van der Waals surface area contributed by atoms with Gasteiger partial charge in [0.2, 0.25) is 5.91 Å². The Morgan fingerprint density at radius 2 is 1.95 bits per heavy atom. The molecule has 2 nitrogen and oxygen atoms in total. The first-order chi connectivity index (χ1) is 9.15. The lowest BCUT2D eigenvalue weighted by atomic mass is 10.3. The summed E-state index contributed by atoms with van der Waals surface area (Å²) in [4.78, 5) is 12.7. The van der Waals surface area contributed by atoms with Crippen LogP contribution in [0.15, 0.2) is 53.4 Å². The van der Waals surface area contributed by atoms with Crippen LogP contribution in [-0.2, 0) is 4.79 Å². The van der Waals surface area contributed by atoms with Crippen LogP contribution in [0.4, 0.5) is 10.1 Å². The summed E-state index contributed by atoms with van der Waals surface area (Å²) < 4.78 is 13.0. The van der Waals surface area contributed by atoms with E-state index < -0.39 is 5.82 Å². The summed E-state index contributed by atoms with van der Waals surface area (Å²) in [6.45, 7) is 0. The van der Waals surface area contributed by atoms with Gasteiger partial charge in [0.05, 0.1) is 10.8 Å². The molecule has 0 aliphatic heterocycles. The van der Waals surface area contributed by atoms with E-state index in [-0.39, 0.29) is 10.9 Å². The molecule has 0 fully saturated rings. The van der Waals surface area contributed by atoms with E-state index >= 15 is 0 Å². The van der Waals surface area contributed by atoms with Gasteiger partial charge in [-0.05, 0) is 30.3 Å². The van der Waals surface area contributed by atoms with Crippen LogP contribution in [0.2, 0.25) is 5.02 Å². The third-order valence-corrected chi connectivity index (χ3v) is 3.62. The molecule has 2 rings (SSSR count). The van der Waals surface area contributed by atoms with Gasteiger partial charge < -0.3 is 5.32 Å². The van der Waals surface area contributed by atoms with Crippen LogP contribution in [0.5, 0.6) is 0 Å². The fourth-order valence-corrected chi connectivity index (χ4v) is 2.34. The van der Waals surface area contributed by atoms with Crippen molar-refractivity contribution in [3.63, 3.8) is 0 Å². The normalized spacial score (nSPS) is 10.2. The molecule has 0 aromatic heterocycles. The van der Waals surface area contributed by atoms with E-state index in [4.69, 9.17) is 11.6 Å². The molecule has 0 saturated heterocycles. The average molecular weight is 296 g/mol. The lowest BCUT2D eigenvalue weighted by Gasteiger charge is -2.06. The summed E-state index contributed by atoms with van der Waals surface area (Å²) in [6, 6.07) is 13.7. The molecule has 0 aliphatic carbocycles. The van der Waals surface area contributed by atoms with Crippen LogP contribution in [0.25, 0.3) is 0 Å². The minimum Gasteiger partial charge on any atom is -0.325 e. The van der Waals surface area contributed by atoms with E-state index in [9.17, 15) is 9.18 Å². The first-order valence-corrected chi connectivity index (χ1v) is 6.94. The standard InChI is InChI=1S/C14H11ClFNOS/c15-12-8-10(6-7-13(12)16)17-14(18)9-19-11-4-2-1-3-5-11/h1-8H,9H2,(H,17,18). The molecule has 0 spiro atoms. The monoisotopic (exact) mass is 295 g/mol. The molecule has 0 heterocycles. The van der Waals surface area contributed by atoms with Crippen molar-refractivity contribution in [1.82, 2.24) is 0 Å². The number of hydrogen-bond donors (Lipinski definition) is 1. The van der Waals surface area contributed by atoms with Gasteiger partial charge in [-0.2, -0.15) is 0 Å². The van der Waals surface area contributed by atoms with Crippen molar-refractivity contribution < 1.29 is 9.18 Å². The molecule has 0 radical (unpaired) electrons. The average Bonchev–Trinajstić information content (AvgIpc) is 2.42. The number of nitrogens with one attached hydrogen (secondary N) is 1. The highest BCUT2D eigenvalue weighted by atomic mass is 35.5. The molecule has 5 heteroatoms. The van der Waals surface area contributed by atoms with Gasteiger partial charge in [-0.25, -0.2) is 4.39 Å². The van der Waals surface area contributed by atoms with Gasteiger partial charge in [0, 0.05) is 10.6 Å². The van der Waals surface area contributed by atoms with Gasteiger partial charge >= 0.3 is 0 Å². The first-order valence-electron chi connectivity index (χ1n) is 5.58. The van der Waals surface area contributed by atoms with Crippen molar-refractivity contribution in [2.45, 2.75) is 4.90 Å². The Labute approximate surface area is 120 Å². The van der Waals surface area contributed by atoms with Crippen LogP contribution in [0.3, 0.4) is 0 Å².